The second kappa shape index (κ2) is 6.75. The number of rotatable bonds is 4. The van der Waals surface area contributed by atoms with Gasteiger partial charge in [-0.25, -0.2) is 12.7 Å². The van der Waals surface area contributed by atoms with Crippen LogP contribution in [0.4, 0.5) is 0 Å². The number of halogens is 1. The third-order valence-electron chi connectivity index (χ3n) is 3.72. The molecule has 5 nitrogen and oxygen atoms in total. The summed E-state index contributed by atoms with van der Waals surface area (Å²) in [6, 6.07) is 6.22. The zero-order chi connectivity index (χ0) is 15.5. The lowest BCUT2D eigenvalue weighted by atomic mass is 9.98. The minimum atomic E-state index is -3.67. The molecule has 21 heavy (non-hydrogen) atoms. The van der Waals surface area contributed by atoms with Crippen LogP contribution in [-0.4, -0.2) is 39.4 Å². The van der Waals surface area contributed by atoms with Crippen molar-refractivity contribution in [2.75, 3.05) is 26.7 Å². The molecule has 1 heterocycles. The third kappa shape index (κ3) is 3.74. The Labute approximate surface area is 130 Å². The van der Waals surface area contributed by atoms with E-state index in [0.717, 1.165) is 25.9 Å². The van der Waals surface area contributed by atoms with E-state index < -0.39 is 10.0 Å². The first-order valence-electron chi connectivity index (χ1n) is 6.82. The van der Waals surface area contributed by atoms with Crippen LogP contribution in [0.2, 0.25) is 5.02 Å². The van der Waals surface area contributed by atoms with Crippen molar-refractivity contribution < 1.29 is 8.42 Å². The monoisotopic (exact) mass is 327 g/mol. The summed E-state index contributed by atoms with van der Waals surface area (Å²) in [6.45, 7) is 2.31. The van der Waals surface area contributed by atoms with Crippen molar-refractivity contribution >= 4 is 21.6 Å². The van der Waals surface area contributed by atoms with E-state index in [1.165, 1.54) is 22.5 Å². The van der Waals surface area contributed by atoms with E-state index in [9.17, 15) is 8.42 Å². The number of nitriles is 1. The molecule has 1 saturated heterocycles. The lowest BCUT2D eigenvalue weighted by Crippen LogP contribution is -2.37. The van der Waals surface area contributed by atoms with E-state index in [2.05, 4.69) is 5.32 Å². The Bertz CT molecular complexity index is 649. The van der Waals surface area contributed by atoms with Crippen LogP contribution >= 0.6 is 11.6 Å². The molecule has 0 bridgehead atoms. The van der Waals surface area contributed by atoms with Crippen LogP contribution in [0.25, 0.3) is 0 Å². The molecule has 2 rings (SSSR count). The maximum Gasteiger partial charge on any atom is 0.244 e. The standard InChI is InChI=1S/C14H18ClN3O2S/c1-18(10-11-4-6-17-7-5-11)21(19,20)14-8-12(9-16)2-3-13(14)15/h2-3,8,11,17H,4-7,10H2,1H3. The van der Waals surface area contributed by atoms with Crippen LogP contribution in [0.3, 0.4) is 0 Å². The summed E-state index contributed by atoms with van der Waals surface area (Å²) in [4.78, 5) is -0.000323. The Morgan fingerprint density at radius 2 is 2.10 bits per heavy atom. The van der Waals surface area contributed by atoms with Gasteiger partial charge in [-0.15, -0.1) is 0 Å². The average Bonchev–Trinajstić information content (AvgIpc) is 2.48. The molecule has 114 valence electrons. The topological polar surface area (TPSA) is 73.2 Å². The molecular formula is C14H18ClN3O2S. The average molecular weight is 328 g/mol. The van der Waals surface area contributed by atoms with Crippen molar-refractivity contribution in [2.45, 2.75) is 17.7 Å². The quantitative estimate of drug-likeness (QED) is 0.915. The lowest BCUT2D eigenvalue weighted by Gasteiger charge is -2.27. The molecule has 0 aromatic heterocycles. The first-order chi connectivity index (χ1) is 9.95. The maximum absolute atomic E-state index is 12.6. The number of nitrogens with zero attached hydrogens (tertiary/aromatic N) is 2. The Kier molecular flexibility index (Phi) is 5.22. The van der Waals surface area contributed by atoms with E-state index in [1.807, 2.05) is 6.07 Å². The zero-order valence-electron chi connectivity index (χ0n) is 11.8. The van der Waals surface area contributed by atoms with Crippen molar-refractivity contribution in [3.05, 3.63) is 28.8 Å². The van der Waals surface area contributed by atoms with E-state index in [0.29, 0.717) is 12.5 Å². The van der Waals surface area contributed by atoms with Crippen LogP contribution in [0, 0.1) is 17.2 Å². The summed E-state index contributed by atoms with van der Waals surface area (Å²) in [5.41, 5.74) is 0.285. The number of piperidine rings is 1. The Balaban J connectivity index is 2.22. The van der Waals surface area contributed by atoms with Crippen LogP contribution in [0.15, 0.2) is 23.1 Å². The van der Waals surface area contributed by atoms with Crippen molar-refractivity contribution in [3.63, 3.8) is 0 Å². The van der Waals surface area contributed by atoms with Crippen LogP contribution in [-0.2, 0) is 10.0 Å². The Hall–Kier alpha value is -1.13. The predicted octanol–water partition coefficient (Wildman–Crippen LogP) is 1.83. The van der Waals surface area contributed by atoms with Crippen LogP contribution in [0.1, 0.15) is 18.4 Å². The minimum Gasteiger partial charge on any atom is -0.317 e. The van der Waals surface area contributed by atoms with Gasteiger partial charge < -0.3 is 5.32 Å². The second-order valence-electron chi connectivity index (χ2n) is 5.24. The Morgan fingerprint density at radius 1 is 1.43 bits per heavy atom. The molecule has 1 aliphatic heterocycles. The zero-order valence-corrected chi connectivity index (χ0v) is 13.4. The second-order valence-corrected chi connectivity index (χ2v) is 7.66. The molecule has 7 heteroatoms. The highest BCUT2D eigenvalue weighted by molar-refractivity contribution is 7.89. The van der Waals surface area contributed by atoms with Gasteiger partial charge in [0.25, 0.3) is 0 Å². The lowest BCUT2D eigenvalue weighted by molar-refractivity contribution is 0.311. The predicted molar refractivity (Wildman–Crippen MR) is 81.6 cm³/mol. The van der Waals surface area contributed by atoms with Gasteiger partial charge in [0.15, 0.2) is 0 Å². The van der Waals surface area contributed by atoms with Crippen molar-refractivity contribution in [3.8, 4) is 6.07 Å². The van der Waals surface area contributed by atoms with Gasteiger partial charge in [-0.05, 0) is 50.0 Å². The van der Waals surface area contributed by atoms with Gasteiger partial charge in [0.2, 0.25) is 10.0 Å². The van der Waals surface area contributed by atoms with Gasteiger partial charge in [-0.3, -0.25) is 0 Å². The number of hydrogen-bond donors (Lipinski definition) is 1. The molecule has 0 radical (unpaired) electrons. The molecule has 0 aliphatic carbocycles. The maximum atomic E-state index is 12.6. The van der Waals surface area contributed by atoms with Gasteiger partial charge in [-0.1, -0.05) is 11.6 Å². The fourth-order valence-electron chi connectivity index (χ4n) is 2.46. The summed E-state index contributed by atoms with van der Waals surface area (Å²) < 4.78 is 26.6. The number of nitrogens with one attached hydrogen (secondary N) is 1. The molecule has 0 spiro atoms. The first-order valence-corrected chi connectivity index (χ1v) is 8.63. The smallest absolute Gasteiger partial charge is 0.244 e. The summed E-state index contributed by atoms with van der Waals surface area (Å²) >= 11 is 6.00. The summed E-state index contributed by atoms with van der Waals surface area (Å²) in [6.07, 6.45) is 1.93. The van der Waals surface area contributed by atoms with Crippen molar-refractivity contribution in [1.82, 2.24) is 9.62 Å². The van der Waals surface area contributed by atoms with Crippen molar-refractivity contribution in [1.29, 1.82) is 5.26 Å². The number of sulfonamides is 1. The van der Waals surface area contributed by atoms with E-state index in [1.54, 1.807) is 7.05 Å². The molecule has 0 atom stereocenters. The molecular weight excluding hydrogens is 310 g/mol. The minimum absolute atomic E-state index is 0.000323. The van der Waals surface area contributed by atoms with E-state index >= 15 is 0 Å². The first kappa shape index (κ1) is 16.2. The summed E-state index contributed by atoms with van der Waals surface area (Å²) in [5, 5.41) is 12.3. The molecule has 0 unspecified atom stereocenters. The molecule has 0 saturated carbocycles. The van der Waals surface area contributed by atoms with E-state index in [4.69, 9.17) is 16.9 Å². The highest BCUT2D eigenvalue weighted by Gasteiger charge is 2.27. The summed E-state index contributed by atoms with van der Waals surface area (Å²) in [5.74, 6) is 0.351. The van der Waals surface area contributed by atoms with Crippen LogP contribution < -0.4 is 5.32 Å². The van der Waals surface area contributed by atoms with Crippen LogP contribution in [0.5, 0.6) is 0 Å². The Morgan fingerprint density at radius 3 is 2.71 bits per heavy atom. The largest absolute Gasteiger partial charge is 0.317 e. The van der Waals surface area contributed by atoms with Crippen molar-refractivity contribution in [2.24, 2.45) is 5.92 Å². The normalized spacial score (nSPS) is 16.9. The highest BCUT2D eigenvalue weighted by Crippen LogP contribution is 2.26. The summed E-state index contributed by atoms with van der Waals surface area (Å²) in [7, 11) is -2.11. The molecule has 1 aromatic carbocycles. The van der Waals surface area contributed by atoms with Gasteiger partial charge in [0.05, 0.1) is 16.7 Å². The molecule has 0 amide bonds. The number of hydrogen-bond acceptors (Lipinski definition) is 4. The van der Waals surface area contributed by atoms with E-state index in [-0.39, 0.29) is 15.5 Å². The van der Waals surface area contributed by atoms with Gasteiger partial charge in [0, 0.05) is 13.6 Å². The molecule has 1 fully saturated rings. The van der Waals surface area contributed by atoms with Gasteiger partial charge in [0.1, 0.15) is 4.90 Å². The third-order valence-corrected chi connectivity index (χ3v) is 6.03. The SMILES string of the molecule is CN(CC1CCNCC1)S(=O)(=O)c1cc(C#N)ccc1Cl. The van der Waals surface area contributed by atoms with Gasteiger partial charge >= 0.3 is 0 Å². The molecule has 1 aliphatic rings. The number of benzene rings is 1. The van der Waals surface area contributed by atoms with Gasteiger partial charge in [-0.2, -0.15) is 5.26 Å². The fraction of sp³-hybridized carbons (Fsp3) is 0.500. The molecule has 1 aromatic rings. The molecule has 1 N–H and O–H groups in total. The highest BCUT2D eigenvalue weighted by atomic mass is 35.5. The fourth-order valence-corrected chi connectivity index (χ4v) is 4.21.